The van der Waals surface area contributed by atoms with Crippen molar-refractivity contribution in [2.45, 2.75) is 107 Å². The zero-order valence-electron chi connectivity index (χ0n) is 35.6. The van der Waals surface area contributed by atoms with Gasteiger partial charge in [-0.15, -0.1) is 0 Å². The molecule has 4 heterocycles. The van der Waals surface area contributed by atoms with E-state index in [2.05, 4.69) is 0 Å². The first-order valence-corrected chi connectivity index (χ1v) is 20.3. The van der Waals surface area contributed by atoms with Gasteiger partial charge in [-0.2, -0.15) is 0 Å². The normalized spacial score (nSPS) is 33.8. The van der Waals surface area contributed by atoms with Crippen LogP contribution in [0.2, 0.25) is 0 Å². The second kappa shape index (κ2) is 22.8. The van der Waals surface area contributed by atoms with Gasteiger partial charge in [0.2, 0.25) is 12.6 Å². The van der Waals surface area contributed by atoms with Crippen LogP contribution in [0.3, 0.4) is 0 Å². The van der Waals surface area contributed by atoms with Crippen molar-refractivity contribution in [1.82, 2.24) is 0 Å². The molecule has 0 amide bonds. The van der Waals surface area contributed by atoms with Crippen molar-refractivity contribution < 1.29 is 113 Å². The van der Waals surface area contributed by atoms with Crippen molar-refractivity contribution in [3.05, 3.63) is 70.7 Å². The maximum Gasteiger partial charge on any atom is 0.337 e. The fourth-order valence-electron chi connectivity index (χ4n) is 7.47. The van der Waals surface area contributed by atoms with Crippen LogP contribution in [0.4, 0.5) is 0 Å². The van der Waals surface area contributed by atoms with Gasteiger partial charge in [-0.3, -0.25) is 9.59 Å². The molecule has 14 atom stereocenters. The van der Waals surface area contributed by atoms with Gasteiger partial charge in [0, 0.05) is 29.4 Å². The Bertz CT molecular complexity index is 1980. The quantitative estimate of drug-likeness (QED) is 0.0378. The van der Waals surface area contributed by atoms with Crippen LogP contribution in [0.15, 0.2) is 65.2 Å². The first-order chi connectivity index (χ1) is 31.0. The number of benzene rings is 1. The fraction of sp³-hybridized carbons (Fsp3) is 0.571. The molecule has 0 unspecified atom stereocenters. The Kier molecular flexibility index (Phi) is 17.8. The first-order valence-electron chi connectivity index (χ1n) is 20.3. The Morgan fingerprint density at radius 2 is 1.12 bits per heavy atom. The molecule has 2 fully saturated rings. The molecule has 0 aliphatic carbocycles. The molecule has 1 aromatic carbocycles. The van der Waals surface area contributed by atoms with Crippen LogP contribution in [0.25, 0.3) is 0 Å². The third-order valence-corrected chi connectivity index (χ3v) is 11.1. The smallest absolute Gasteiger partial charge is 0.337 e. The van der Waals surface area contributed by atoms with Gasteiger partial charge in [0.25, 0.3) is 0 Å². The van der Waals surface area contributed by atoms with Crippen LogP contribution < -0.4 is 0 Å². The molecule has 9 N–H and O–H groups in total. The molecule has 4 aliphatic rings. The lowest BCUT2D eigenvalue weighted by Crippen LogP contribution is -2.60. The summed E-state index contributed by atoms with van der Waals surface area (Å²) < 4.78 is 54.6. The molecule has 0 bridgehead atoms. The highest BCUT2D eigenvalue weighted by Crippen LogP contribution is 2.38. The van der Waals surface area contributed by atoms with Crippen LogP contribution in [0.1, 0.15) is 32.3 Å². The molecular formula is C42H54O23. The highest BCUT2D eigenvalue weighted by Gasteiger charge is 2.49. The van der Waals surface area contributed by atoms with Crippen LogP contribution in [-0.2, 0) is 73.0 Å². The van der Waals surface area contributed by atoms with Crippen molar-refractivity contribution in [2.24, 2.45) is 11.8 Å². The maximum absolute atomic E-state index is 13.4. The molecule has 23 heteroatoms. The summed E-state index contributed by atoms with van der Waals surface area (Å²) >= 11 is 0. The van der Waals surface area contributed by atoms with E-state index in [-0.39, 0.29) is 46.8 Å². The SMILES string of the molecule is C/C=C1/[C@H](O[C@@H]2O[C@H](CO)[C@@H](O)[C@H](O)[C@H]2O)OC=C(C(=O)OC)[C@H]1CC(=O)OC[C@H]1O[C@@H](O[C@@H]2OC=C(C(=O)OC)[C@@H](CC(=O)OCCc3ccc(O)c(O)c3)/C2=C\C)[C@H](O)[C@@H](O)[C@@H]1O. The van der Waals surface area contributed by atoms with Gasteiger partial charge in [0.1, 0.15) is 55.4 Å². The number of methoxy groups -OCH3 is 2. The number of carbonyl (C=O) groups is 4. The number of phenolic OH excluding ortho intramolecular Hbond substituents is 2. The van der Waals surface area contributed by atoms with E-state index in [1.54, 1.807) is 6.92 Å². The molecule has 4 aliphatic heterocycles. The zero-order chi connectivity index (χ0) is 47.7. The van der Waals surface area contributed by atoms with Gasteiger partial charge in [-0.1, -0.05) is 18.2 Å². The first kappa shape index (κ1) is 50.8. The number of phenols is 2. The average molecular weight is 927 g/mol. The lowest BCUT2D eigenvalue weighted by molar-refractivity contribution is -0.328. The molecule has 1 aromatic rings. The van der Waals surface area contributed by atoms with Gasteiger partial charge < -0.3 is 93.3 Å². The molecule has 360 valence electrons. The van der Waals surface area contributed by atoms with Crippen molar-refractivity contribution in [1.29, 1.82) is 0 Å². The van der Waals surface area contributed by atoms with Gasteiger partial charge in [-0.05, 0) is 31.5 Å². The number of aromatic hydroxyl groups is 2. The Morgan fingerprint density at radius 3 is 1.58 bits per heavy atom. The van der Waals surface area contributed by atoms with E-state index in [0.29, 0.717) is 5.56 Å². The summed E-state index contributed by atoms with van der Waals surface area (Å²) in [6.07, 6.45) is -16.2. The van der Waals surface area contributed by atoms with Gasteiger partial charge >= 0.3 is 23.9 Å². The molecule has 65 heavy (non-hydrogen) atoms. The van der Waals surface area contributed by atoms with Crippen LogP contribution in [-0.4, -0.2) is 178 Å². The molecular weight excluding hydrogens is 872 g/mol. The van der Waals surface area contributed by atoms with E-state index in [0.717, 1.165) is 26.7 Å². The molecule has 0 saturated carbocycles. The number of hydrogen-bond donors (Lipinski definition) is 9. The van der Waals surface area contributed by atoms with Crippen LogP contribution in [0.5, 0.6) is 11.5 Å². The molecule has 0 radical (unpaired) electrons. The standard InChI is InChI=1S/C42H54O23/c1-5-19-21(12-29(46)58-10-9-18-7-8-25(44)26(45)11-18)23(37(54)56-3)15-61-40(19)65-42-36(53)34(51)32(49)28(63-42)17-59-30(47)13-22-20(6-2)39(60-16-24(22)38(55)57-4)64-41-35(52)33(50)31(48)27(14-43)62-41/h5-8,11,15-16,21-22,27-28,31-36,39-45,48-53H,9-10,12-14,17H2,1-4H3/b19-5+,20-6+/t21-,22-,27+,28+,31+,32+,33-,34-,35+,36+,39-,40-,41-,42-/m0/s1. The summed E-state index contributed by atoms with van der Waals surface area (Å²) in [4.78, 5) is 52.1. The summed E-state index contributed by atoms with van der Waals surface area (Å²) in [5, 5.41) is 92.4. The number of allylic oxidation sites excluding steroid dienone is 2. The third kappa shape index (κ3) is 11.8. The van der Waals surface area contributed by atoms with Gasteiger partial charge in [0.05, 0.1) is 63.9 Å². The maximum atomic E-state index is 13.4. The van der Waals surface area contributed by atoms with E-state index in [1.807, 2.05) is 0 Å². The van der Waals surface area contributed by atoms with Crippen molar-refractivity contribution in [3.8, 4) is 11.5 Å². The van der Waals surface area contributed by atoms with Crippen molar-refractivity contribution in [2.75, 3.05) is 34.0 Å². The fourth-order valence-corrected chi connectivity index (χ4v) is 7.47. The molecule has 0 spiro atoms. The highest BCUT2D eigenvalue weighted by atomic mass is 16.8. The number of rotatable bonds is 16. The summed E-state index contributed by atoms with van der Waals surface area (Å²) in [6.45, 7) is 1.45. The minimum atomic E-state index is -1.93. The molecule has 0 aromatic heterocycles. The predicted molar refractivity (Wildman–Crippen MR) is 212 cm³/mol. The number of carbonyl (C=O) groups excluding carboxylic acids is 4. The van der Waals surface area contributed by atoms with Crippen LogP contribution >= 0.6 is 0 Å². The zero-order valence-corrected chi connectivity index (χ0v) is 35.6. The summed E-state index contributed by atoms with van der Waals surface area (Å²) in [5.74, 6) is -6.37. The third-order valence-electron chi connectivity index (χ3n) is 11.1. The minimum absolute atomic E-state index is 0.0891. The molecule has 2 saturated heterocycles. The summed E-state index contributed by atoms with van der Waals surface area (Å²) in [7, 11) is 2.20. The van der Waals surface area contributed by atoms with E-state index < -0.39 is 136 Å². The summed E-state index contributed by atoms with van der Waals surface area (Å²) in [6, 6.07) is 4.12. The lowest BCUT2D eigenvalue weighted by Gasteiger charge is -2.42. The van der Waals surface area contributed by atoms with Gasteiger partial charge in [-0.25, -0.2) is 9.59 Å². The van der Waals surface area contributed by atoms with E-state index >= 15 is 0 Å². The Labute approximate surface area is 371 Å². The second-order valence-corrected chi connectivity index (χ2v) is 15.1. The number of ether oxygens (including phenoxy) is 10. The van der Waals surface area contributed by atoms with Gasteiger partial charge in [0.15, 0.2) is 24.1 Å². The van der Waals surface area contributed by atoms with E-state index in [9.17, 15) is 65.1 Å². The summed E-state index contributed by atoms with van der Waals surface area (Å²) in [5.41, 5.74) is 0.611. The number of aliphatic hydroxyl groups excluding tert-OH is 7. The highest BCUT2D eigenvalue weighted by molar-refractivity contribution is 5.91. The number of esters is 4. The van der Waals surface area contributed by atoms with Crippen LogP contribution in [0, 0.1) is 11.8 Å². The molecule has 5 rings (SSSR count). The Morgan fingerprint density at radius 1 is 0.646 bits per heavy atom. The lowest BCUT2D eigenvalue weighted by atomic mass is 9.86. The van der Waals surface area contributed by atoms with Crippen molar-refractivity contribution in [3.63, 3.8) is 0 Å². The number of aliphatic hydroxyl groups is 7. The molecule has 23 nitrogen and oxygen atoms in total. The van der Waals surface area contributed by atoms with Crippen molar-refractivity contribution >= 4 is 23.9 Å². The Hall–Kier alpha value is -5.18. The largest absolute Gasteiger partial charge is 0.504 e. The Balaban J connectivity index is 1.24. The monoisotopic (exact) mass is 926 g/mol. The second-order valence-electron chi connectivity index (χ2n) is 15.1. The topological polar surface area (TPSA) is 343 Å². The predicted octanol–water partition coefficient (Wildman–Crippen LogP) is -1.90. The van der Waals surface area contributed by atoms with E-state index in [1.165, 1.54) is 37.3 Å². The average Bonchev–Trinajstić information content (AvgIpc) is 3.29. The number of hydrogen-bond acceptors (Lipinski definition) is 23. The minimum Gasteiger partial charge on any atom is -0.504 e. The van der Waals surface area contributed by atoms with E-state index in [4.69, 9.17) is 47.4 Å².